The molecule has 100 valence electrons. The number of amides is 1. The summed E-state index contributed by atoms with van der Waals surface area (Å²) in [6.07, 6.45) is 0.380. The van der Waals surface area contributed by atoms with Crippen LogP contribution in [0.4, 0.5) is 14.6 Å². The molecule has 0 bridgehead atoms. The van der Waals surface area contributed by atoms with Gasteiger partial charge in [-0.3, -0.25) is 9.48 Å². The van der Waals surface area contributed by atoms with E-state index < -0.39 is 17.4 Å². The number of aliphatic hydroxyl groups is 1. The zero-order chi connectivity index (χ0) is 13.6. The number of nitrogens with zero attached hydrogens (tertiary/aromatic N) is 2. The summed E-state index contributed by atoms with van der Waals surface area (Å²) in [6, 6.07) is 1.48. The van der Waals surface area contributed by atoms with Gasteiger partial charge in [0.05, 0.1) is 0 Å². The third-order valence-corrected chi connectivity index (χ3v) is 3.41. The number of alkyl halides is 2. The van der Waals surface area contributed by atoms with Gasteiger partial charge in [0.1, 0.15) is 5.60 Å². The lowest BCUT2D eigenvalue weighted by Crippen LogP contribution is -2.59. The van der Waals surface area contributed by atoms with E-state index in [1.807, 2.05) is 5.32 Å². The maximum absolute atomic E-state index is 13.7. The Morgan fingerprint density at radius 1 is 1.61 bits per heavy atom. The van der Waals surface area contributed by atoms with Crippen LogP contribution in [-0.2, 0) is 11.8 Å². The van der Waals surface area contributed by atoms with E-state index in [0.29, 0.717) is 6.42 Å². The van der Waals surface area contributed by atoms with Gasteiger partial charge in [-0.1, -0.05) is 0 Å². The van der Waals surface area contributed by atoms with Gasteiger partial charge >= 0.3 is 5.92 Å². The largest absolute Gasteiger partial charge is 0.383 e. The number of carbonyl (C=O) groups excluding carboxylic acids is 1. The normalized spacial score (nSPS) is 18.3. The molecular weight excluding hydrogens is 244 g/mol. The number of aromatic nitrogens is 2. The molecule has 1 aromatic heterocycles. The van der Waals surface area contributed by atoms with Gasteiger partial charge in [0.2, 0.25) is 0 Å². The first-order valence-corrected chi connectivity index (χ1v) is 5.68. The first-order chi connectivity index (χ1) is 8.26. The Morgan fingerprint density at radius 3 is 2.61 bits per heavy atom. The second-order valence-electron chi connectivity index (χ2n) is 4.71. The van der Waals surface area contributed by atoms with E-state index in [1.165, 1.54) is 10.7 Å². The quantitative estimate of drug-likeness (QED) is 0.857. The Morgan fingerprint density at radius 2 is 2.22 bits per heavy atom. The third kappa shape index (κ3) is 1.88. The third-order valence-electron chi connectivity index (χ3n) is 3.41. The van der Waals surface area contributed by atoms with Crippen LogP contribution in [0.1, 0.15) is 25.0 Å². The van der Waals surface area contributed by atoms with Gasteiger partial charge in [0.15, 0.2) is 5.82 Å². The fourth-order valence-corrected chi connectivity index (χ4v) is 1.85. The summed E-state index contributed by atoms with van der Waals surface area (Å²) < 4.78 is 29.0. The van der Waals surface area contributed by atoms with Gasteiger partial charge in [-0.25, -0.2) is 0 Å². The lowest BCUT2D eigenvalue weighted by molar-refractivity contribution is -0.212. The summed E-state index contributed by atoms with van der Waals surface area (Å²) in [7, 11) is 1.64. The lowest BCUT2D eigenvalue weighted by Gasteiger charge is -2.41. The lowest BCUT2D eigenvalue weighted by atomic mass is 9.75. The number of halogens is 2. The van der Waals surface area contributed by atoms with Crippen LogP contribution in [0.15, 0.2) is 6.07 Å². The fourth-order valence-electron chi connectivity index (χ4n) is 1.85. The SMILES string of the molecule is Cc1cc(NC(=O)C(F)(F)C2(O)CCC2)nn1C. The molecular formula is C11H15F2N3O2. The van der Waals surface area contributed by atoms with Crippen LogP contribution in [0.25, 0.3) is 0 Å². The van der Waals surface area contributed by atoms with Crippen molar-refractivity contribution in [1.82, 2.24) is 9.78 Å². The molecule has 18 heavy (non-hydrogen) atoms. The molecule has 0 unspecified atom stereocenters. The molecule has 0 atom stereocenters. The molecule has 1 aliphatic rings. The molecule has 5 nitrogen and oxygen atoms in total. The van der Waals surface area contributed by atoms with Gasteiger partial charge in [-0.2, -0.15) is 13.9 Å². The van der Waals surface area contributed by atoms with E-state index in [9.17, 15) is 18.7 Å². The van der Waals surface area contributed by atoms with Gasteiger partial charge in [0, 0.05) is 18.8 Å². The molecule has 0 aromatic carbocycles. The Kier molecular flexibility index (Phi) is 2.89. The molecule has 0 saturated heterocycles. The van der Waals surface area contributed by atoms with Gasteiger partial charge < -0.3 is 10.4 Å². The highest BCUT2D eigenvalue weighted by atomic mass is 19.3. The predicted molar refractivity (Wildman–Crippen MR) is 60.3 cm³/mol. The molecule has 2 N–H and O–H groups in total. The number of anilines is 1. The zero-order valence-corrected chi connectivity index (χ0v) is 10.2. The van der Waals surface area contributed by atoms with Crippen molar-refractivity contribution in [2.75, 3.05) is 5.32 Å². The molecule has 1 aromatic rings. The molecule has 7 heteroatoms. The number of hydrogen-bond donors (Lipinski definition) is 2. The van der Waals surface area contributed by atoms with E-state index >= 15 is 0 Å². The van der Waals surface area contributed by atoms with Crippen LogP contribution in [0.3, 0.4) is 0 Å². The number of rotatable bonds is 3. The van der Waals surface area contributed by atoms with Crippen molar-refractivity contribution in [3.05, 3.63) is 11.8 Å². The van der Waals surface area contributed by atoms with Crippen molar-refractivity contribution in [1.29, 1.82) is 0 Å². The average Bonchev–Trinajstić information content (AvgIpc) is 2.54. The second-order valence-corrected chi connectivity index (χ2v) is 4.71. The summed E-state index contributed by atoms with van der Waals surface area (Å²) in [4.78, 5) is 11.5. The van der Waals surface area contributed by atoms with Crippen LogP contribution in [0, 0.1) is 6.92 Å². The molecule has 2 rings (SSSR count). The van der Waals surface area contributed by atoms with E-state index in [-0.39, 0.29) is 18.7 Å². The Labute approximate surface area is 103 Å². The summed E-state index contributed by atoms with van der Waals surface area (Å²) in [5.74, 6) is -5.25. The van der Waals surface area contributed by atoms with Crippen LogP contribution in [-0.4, -0.2) is 32.3 Å². The fraction of sp³-hybridized carbons (Fsp3) is 0.636. The molecule has 1 saturated carbocycles. The molecule has 1 heterocycles. The van der Waals surface area contributed by atoms with Crippen LogP contribution < -0.4 is 5.32 Å². The molecule has 0 spiro atoms. The maximum atomic E-state index is 13.7. The molecule has 1 fully saturated rings. The summed E-state index contributed by atoms with van der Waals surface area (Å²) in [5.41, 5.74) is -1.48. The van der Waals surface area contributed by atoms with E-state index in [4.69, 9.17) is 0 Å². The minimum atomic E-state index is -3.79. The smallest absolute Gasteiger partial charge is 0.352 e. The second kappa shape index (κ2) is 4.01. The Balaban J connectivity index is 2.12. The van der Waals surface area contributed by atoms with Crippen molar-refractivity contribution in [2.24, 2.45) is 7.05 Å². The van der Waals surface area contributed by atoms with Gasteiger partial charge in [-0.05, 0) is 26.2 Å². The van der Waals surface area contributed by atoms with Crippen molar-refractivity contribution < 1.29 is 18.7 Å². The number of aryl methyl sites for hydroxylation is 2. The monoisotopic (exact) mass is 259 g/mol. The molecule has 0 radical (unpaired) electrons. The van der Waals surface area contributed by atoms with Crippen molar-refractivity contribution >= 4 is 11.7 Å². The number of hydrogen-bond acceptors (Lipinski definition) is 3. The Hall–Kier alpha value is -1.50. The average molecular weight is 259 g/mol. The first kappa shape index (κ1) is 12.9. The van der Waals surface area contributed by atoms with Crippen LogP contribution >= 0.6 is 0 Å². The van der Waals surface area contributed by atoms with Crippen molar-refractivity contribution in [3.8, 4) is 0 Å². The number of carbonyl (C=O) groups is 1. The minimum Gasteiger partial charge on any atom is -0.383 e. The topological polar surface area (TPSA) is 67.2 Å². The first-order valence-electron chi connectivity index (χ1n) is 5.68. The number of nitrogens with one attached hydrogen (secondary N) is 1. The van der Waals surface area contributed by atoms with Crippen LogP contribution in [0.2, 0.25) is 0 Å². The zero-order valence-electron chi connectivity index (χ0n) is 10.2. The van der Waals surface area contributed by atoms with Gasteiger partial charge in [-0.15, -0.1) is 0 Å². The van der Waals surface area contributed by atoms with Gasteiger partial charge in [0.25, 0.3) is 5.91 Å². The summed E-state index contributed by atoms with van der Waals surface area (Å²) >= 11 is 0. The minimum absolute atomic E-state index is 0.0580. The Bertz CT molecular complexity index is 461. The highest BCUT2D eigenvalue weighted by molar-refractivity contribution is 5.96. The van der Waals surface area contributed by atoms with E-state index in [2.05, 4.69) is 5.10 Å². The van der Waals surface area contributed by atoms with E-state index in [1.54, 1.807) is 14.0 Å². The maximum Gasteiger partial charge on any atom is 0.352 e. The summed E-state index contributed by atoms with van der Waals surface area (Å²) in [5, 5.41) is 15.5. The van der Waals surface area contributed by atoms with Crippen molar-refractivity contribution in [2.45, 2.75) is 37.7 Å². The standard InChI is InChI=1S/C11H15F2N3O2/c1-7-6-8(15-16(7)2)14-9(17)11(12,13)10(18)4-3-5-10/h6,18H,3-5H2,1-2H3,(H,14,15,17). The highest BCUT2D eigenvalue weighted by Gasteiger charge is 2.61. The van der Waals surface area contributed by atoms with Crippen LogP contribution in [0.5, 0.6) is 0 Å². The molecule has 0 aliphatic heterocycles. The molecule has 1 amide bonds. The molecule has 1 aliphatic carbocycles. The summed E-state index contributed by atoms with van der Waals surface area (Å²) in [6.45, 7) is 1.74. The highest BCUT2D eigenvalue weighted by Crippen LogP contribution is 2.44. The van der Waals surface area contributed by atoms with E-state index in [0.717, 1.165) is 5.69 Å². The predicted octanol–water partition coefficient (Wildman–Crippen LogP) is 1.22. The van der Waals surface area contributed by atoms with Crippen molar-refractivity contribution in [3.63, 3.8) is 0 Å².